The molecule has 0 aromatic heterocycles. The summed E-state index contributed by atoms with van der Waals surface area (Å²) >= 11 is 0. The van der Waals surface area contributed by atoms with Gasteiger partial charge < -0.3 is 15.2 Å². The SMILES string of the molecule is CCOCC(C)NC(=O)CC(C)(C(=O)O)C(C)C. The lowest BCUT2D eigenvalue weighted by Crippen LogP contribution is -2.42. The van der Waals surface area contributed by atoms with Crippen LogP contribution in [-0.2, 0) is 14.3 Å². The number of amides is 1. The smallest absolute Gasteiger partial charge is 0.310 e. The van der Waals surface area contributed by atoms with Crippen LogP contribution in [0.3, 0.4) is 0 Å². The second-order valence-electron chi connectivity index (χ2n) is 5.18. The average molecular weight is 259 g/mol. The van der Waals surface area contributed by atoms with Gasteiger partial charge in [-0.3, -0.25) is 9.59 Å². The van der Waals surface area contributed by atoms with Crippen LogP contribution < -0.4 is 5.32 Å². The third-order valence-corrected chi connectivity index (χ3v) is 3.27. The van der Waals surface area contributed by atoms with Crippen LogP contribution in [0.1, 0.15) is 41.0 Å². The molecule has 0 aliphatic heterocycles. The highest BCUT2D eigenvalue weighted by atomic mass is 16.5. The number of rotatable bonds is 8. The lowest BCUT2D eigenvalue weighted by Gasteiger charge is -2.28. The first kappa shape index (κ1) is 16.9. The number of carboxylic acid groups (broad SMARTS) is 1. The molecule has 0 spiro atoms. The first-order chi connectivity index (χ1) is 8.24. The van der Waals surface area contributed by atoms with Crippen molar-refractivity contribution in [3.05, 3.63) is 0 Å². The first-order valence-corrected chi connectivity index (χ1v) is 6.34. The summed E-state index contributed by atoms with van der Waals surface area (Å²) in [5.74, 6) is -1.30. The Kier molecular flexibility index (Phi) is 6.91. The van der Waals surface area contributed by atoms with Crippen LogP contribution in [0.2, 0.25) is 0 Å². The van der Waals surface area contributed by atoms with Crippen LogP contribution in [-0.4, -0.2) is 36.2 Å². The number of nitrogens with one attached hydrogen (secondary N) is 1. The zero-order valence-electron chi connectivity index (χ0n) is 11.9. The van der Waals surface area contributed by atoms with Gasteiger partial charge in [-0.25, -0.2) is 0 Å². The Morgan fingerprint density at radius 1 is 1.33 bits per heavy atom. The van der Waals surface area contributed by atoms with Crippen LogP contribution in [0.4, 0.5) is 0 Å². The quantitative estimate of drug-likeness (QED) is 0.695. The highest BCUT2D eigenvalue weighted by Gasteiger charge is 2.38. The topological polar surface area (TPSA) is 75.6 Å². The molecule has 0 aromatic rings. The fraction of sp³-hybridized carbons (Fsp3) is 0.846. The van der Waals surface area contributed by atoms with Gasteiger partial charge >= 0.3 is 5.97 Å². The van der Waals surface area contributed by atoms with Crippen molar-refractivity contribution in [1.82, 2.24) is 5.32 Å². The minimum absolute atomic E-state index is 0.0174. The van der Waals surface area contributed by atoms with E-state index in [0.29, 0.717) is 13.2 Å². The summed E-state index contributed by atoms with van der Waals surface area (Å²) < 4.78 is 5.19. The summed E-state index contributed by atoms with van der Waals surface area (Å²) in [6, 6.07) is -0.109. The Bertz CT molecular complexity index is 291. The number of hydrogen-bond acceptors (Lipinski definition) is 3. The molecule has 106 valence electrons. The number of carbonyl (C=O) groups is 2. The number of carboxylic acids is 1. The Morgan fingerprint density at radius 2 is 1.89 bits per heavy atom. The van der Waals surface area contributed by atoms with Crippen molar-refractivity contribution in [2.75, 3.05) is 13.2 Å². The van der Waals surface area contributed by atoms with E-state index in [-0.39, 0.29) is 24.3 Å². The molecular weight excluding hydrogens is 234 g/mol. The number of hydrogen-bond donors (Lipinski definition) is 2. The molecule has 0 aromatic carbocycles. The molecule has 2 atom stereocenters. The van der Waals surface area contributed by atoms with Crippen molar-refractivity contribution >= 4 is 11.9 Å². The van der Waals surface area contributed by atoms with Crippen molar-refractivity contribution in [3.8, 4) is 0 Å². The molecule has 5 nitrogen and oxygen atoms in total. The molecular formula is C13H25NO4. The lowest BCUT2D eigenvalue weighted by atomic mass is 9.76. The maximum absolute atomic E-state index is 11.8. The molecule has 1 amide bonds. The van der Waals surface area contributed by atoms with Gasteiger partial charge in [-0.05, 0) is 26.7 Å². The summed E-state index contributed by atoms with van der Waals surface area (Å²) in [4.78, 5) is 23.1. The van der Waals surface area contributed by atoms with E-state index in [9.17, 15) is 14.7 Å². The van der Waals surface area contributed by atoms with E-state index in [0.717, 1.165) is 0 Å². The van der Waals surface area contributed by atoms with Crippen molar-refractivity contribution < 1.29 is 19.4 Å². The van der Waals surface area contributed by atoms with E-state index in [2.05, 4.69) is 5.32 Å². The molecule has 18 heavy (non-hydrogen) atoms. The maximum atomic E-state index is 11.8. The predicted octanol–water partition coefficient (Wildman–Crippen LogP) is 1.66. The zero-order chi connectivity index (χ0) is 14.3. The summed E-state index contributed by atoms with van der Waals surface area (Å²) in [5, 5.41) is 12.0. The van der Waals surface area contributed by atoms with Gasteiger partial charge in [0.1, 0.15) is 0 Å². The van der Waals surface area contributed by atoms with E-state index < -0.39 is 11.4 Å². The third kappa shape index (κ3) is 5.04. The number of aliphatic carboxylic acids is 1. The molecule has 0 rings (SSSR count). The van der Waals surface area contributed by atoms with Gasteiger partial charge in [0.2, 0.25) is 5.91 Å². The molecule has 0 bridgehead atoms. The average Bonchev–Trinajstić information content (AvgIpc) is 2.25. The van der Waals surface area contributed by atoms with Gasteiger partial charge in [-0.1, -0.05) is 13.8 Å². The standard InChI is InChI=1S/C13H25NO4/c1-6-18-8-10(4)14-11(15)7-13(5,9(2)3)12(16)17/h9-10H,6-8H2,1-5H3,(H,14,15)(H,16,17). The van der Waals surface area contributed by atoms with Crippen molar-refractivity contribution in [3.63, 3.8) is 0 Å². The molecule has 0 heterocycles. The van der Waals surface area contributed by atoms with Crippen molar-refractivity contribution in [1.29, 1.82) is 0 Å². The van der Waals surface area contributed by atoms with Gasteiger partial charge in [-0.2, -0.15) is 0 Å². The maximum Gasteiger partial charge on any atom is 0.310 e. The first-order valence-electron chi connectivity index (χ1n) is 6.34. The van der Waals surface area contributed by atoms with Gasteiger partial charge in [0, 0.05) is 19.1 Å². The Balaban J connectivity index is 4.40. The Morgan fingerprint density at radius 3 is 2.28 bits per heavy atom. The molecule has 0 aliphatic rings. The van der Waals surface area contributed by atoms with Crippen LogP contribution in [0.5, 0.6) is 0 Å². The zero-order valence-corrected chi connectivity index (χ0v) is 11.9. The molecule has 2 N–H and O–H groups in total. The van der Waals surface area contributed by atoms with Gasteiger partial charge in [0.25, 0.3) is 0 Å². The second-order valence-corrected chi connectivity index (χ2v) is 5.18. The number of carbonyl (C=O) groups excluding carboxylic acids is 1. The molecule has 0 radical (unpaired) electrons. The van der Waals surface area contributed by atoms with Gasteiger partial charge in [0.05, 0.1) is 12.0 Å². The highest BCUT2D eigenvalue weighted by molar-refractivity contribution is 5.85. The van der Waals surface area contributed by atoms with E-state index in [1.165, 1.54) is 0 Å². The second kappa shape index (κ2) is 7.36. The van der Waals surface area contributed by atoms with Crippen LogP contribution in [0.15, 0.2) is 0 Å². The molecule has 0 fully saturated rings. The molecule has 5 heteroatoms. The van der Waals surface area contributed by atoms with Crippen LogP contribution in [0, 0.1) is 11.3 Å². The summed E-state index contributed by atoms with van der Waals surface area (Å²) in [6.45, 7) is 9.98. The van der Waals surface area contributed by atoms with Gasteiger partial charge in [-0.15, -0.1) is 0 Å². The van der Waals surface area contributed by atoms with E-state index in [4.69, 9.17) is 4.74 Å². The van der Waals surface area contributed by atoms with Crippen LogP contribution in [0.25, 0.3) is 0 Å². The van der Waals surface area contributed by atoms with E-state index >= 15 is 0 Å². The minimum atomic E-state index is -1.03. The fourth-order valence-electron chi connectivity index (χ4n) is 1.52. The summed E-state index contributed by atoms with van der Waals surface area (Å²) in [7, 11) is 0. The predicted molar refractivity (Wildman–Crippen MR) is 69.3 cm³/mol. The Hall–Kier alpha value is -1.10. The lowest BCUT2D eigenvalue weighted by molar-refractivity contribution is -0.153. The molecule has 0 saturated carbocycles. The van der Waals surface area contributed by atoms with Gasteiger partial charge in [0.15, 0.2) is 0 Å². The summed E-state index contributed by atoms with van der Waals surface area (Å²) in [5.41, 5.74) is -1.03. The summed E-state index contributed by atoms with van der Waals surface area (Å²) in [6.07, 6.45) is -0.0174. The third-order valence-electron chi connectivity index (χ3n) is 3.27. The molecule has 2 unspecified atom stereocenters. The Labute approximate surface area is 109 Å². The number of ether oxygens (including phenoxy) is 1. The monoisotopic (exact) mass is 259 g/mol. The van der Waals surface area contributed by atoms with E-state index in [1.807, 2.05) is 27.7 Å². The molecule has 0 aliphatic carbocycles. The van der Waals surface area contributed by atoms with E-state index in [1.54, 1.807) is 6.92 Å². The fourth-order valence-corrected chi connectivity index (χ4v) is 1.52. The van der Waals surface area contributed by atoms with Crippen LogP contribution >= 0.6 is 0 Å². The normalized spacial score (nSPS) is 16.1. The van der Waals surface area contributed by atoms with Crippen molar-refractivity contribution in [2.45, 2.75) is 47.1 Å². The van der Waals surface area contributed by atoms with Crippen molar-refractivity contribution in [2.24, 2.45) is 11.3 Å². The largest absolute Gasteiger partial charge is 0.481 e. The molecule has 0 saturated heterocycles. The minimum Gasteiger partial charge on any atom is -0.481 e. The highest BCUT2D eigenvalue weighted by Crippen LogP contribution is 2.31.